The van der Waals surface area contributed by atoms with Gasteiger partial charge >= 0.3 is 0 Å². The van der Waals surface area contributed by atoms with Gasteiger partial charge in [0.2, 0.25) is 0 Å². The SMILES string of the molecule is CCCCOc1ccc(/C=C/c2ccc(/C=C/c3ccc(/C=C/c4ccc(OCCCC)cc4)s3)s2)cc1. The highest BCUT2D eigenvalue weighted by Crippen LogP contribution is 2.25. The third-order valence-electron chi connectivity index (χ3n) is 5.88. The molecule has 0 N–H and O–H groups in total. The molecule has 4 aromatic rings. The Morgan fingerprint density at radius 3 is 1.16 bits per heavy atom. The monoisotopic (exact) mass is 540 g/mol. The van der Waals surface area contributed by atoms with Gasteiger partial charge in [0.1, 0.15) is 11.5 Å². The first-order valence-electron chi connectivity index (χ1n) is 13.4. The van der Waals surface area contributed by atoms with Crippen LogP contribution in [-0.2, 0) is 0 Å². The van der Waals surface area contributed by atoms with Crippen molar-refractivity contribution in [1.29, 1.82) is 0 Å². The van der Waals surface area contributed by atoms with Crippen LogP contribution in [0.4, 0.5) is 0 Å². The normalized spacial score (nSPS) is 11.7. The predicted molar refractivity (Wildman–Crippen MR) is 169 cm³/mol. The Labute approximate surface area is 235 Å². The zero-order valence-electron chi connectivity index (χ0n) is 22.3. The van der Waals surface area contributed by atoms with Crippen LogP contribution in [0.5, 0.6) is 11.5 Å². The minimum absolute atomic E-state index is 0.782. The van der Waals surface area contributed by atoms with E-state index in [1.165, 1.54) is 30.6 Å². The van der Waals surface area contributed by atoms with Gasteiger partial charge in [-0.1, -0.05) is 63.1 Å². The Morgan fingerprint density at radius 1 is 0.474 bits per heavy atom. The Hall–Kier alpha value is -3.34. The average Bonchev–Trinajstić information content (AvgIpc) is 3.61. The summed E-state index contributed by atoms with van der Waals surface area (Å²) in [4.78, 5) is 4.97. The summed E-state index contributed by atoms with van der Waals surface area (Å²) in [5, 5.41) is 0. The van der Waals surface area contributed by atoms with Crippen LogP contribution < -0.4 is 9.47 Å². The molecule has 196 valence electrons. The van der Waals surface area contributed by atoms with Crippen molar-refractivity contribution in [3.05, 3.63) is 103 Å². The molecule has 2 aromatic heterocycles. The molecule has 2 aromatic carbocycles. The third-order valence-corrected chi connectivity index (χ3v) is 7.91. The van der Waals surface area contributed by atoms with Crippen LogP contribution in [0.1, 0.15) is 70.2 Å². The second-order valence-electron chi connectivity index (χ2n) is 9.02. The lowest BCUT2D eigenvalue weighted by Gasteiger charge is -2.04. The van der Waals surface area contributed by atoms with Gasteiger partial charge in [0, 0.05) is 19.5 Å². The summed E-state index contributed by atoms with van der Waals surface area (Å²) < 4.78 is 11.5. The summed E-state index contributed by atoms with van der Waals surface area (Å²) in [5.74, 6) is 1.88. The number of hydrogen-bond donors (Lipinski definition) is 0. The van der Waals surface area contributed by atoms with Gasteiger partial charge in [0.05, 0.1) is 13.2 Å². The predicted octanol–water partition coefficient (Wildman–Crippen LogP) is 10.7. The first kappa shape index (κ1) is 27.7. The van der Waals surface area contributed by atoms with E-state index in [9.17, 15) is 0 Å². The minimum atomic E-state index is 0.782. The van der Waals surface area contributed by atoms with Gasteiger partial charge in [-0.05, 0) is 96.8 Å². The summed E-state index contributed by atoms with van der Waals surface area (Å²) >= 11 is 3.58. The van der Waals surface area contributed by atoms with E-state index in [0.717, 1.165) is 50.4 Å². The maximum Gasteiger partial charge on any atom is 0.119 e. The molecule has 0 radical (unpaired) electrons. The van der Waals surface area contributed by atoms with E-state index < -0.39 is 0 Å². The molecule has 0 amide bonds. The second-order valence-corrected chi connectivity index (χ2v) is 11.3. The van der Waals surface area contributed by atoms with E-state index in [0.29, 0.717) is 0 Å². The van der Waals surface area contributed by atoms with E-state index in [-0.39, 0.29) is 0 Å². The van der Waals surface area contributed by atoms with E-state index in [1.807, 2.05) is 24.3 Å². The molecule has 38 heavy (non-hydrogen) atoms. The van der Waals surface area contributed by atoms with E-state index in [4.69, 9.17) is 9.47 Å². The smallest absolute Gasteiger partial charge is 0.119 e. The fraction of sp³-hybridized carbons (Fsp3) is 0.235. The van der Waals surface area contributed by atoms with Crippen molar-refractivity contribution >= 4 is 59.1 Å². The average molecular weight is 541 g/mol. The largest absolute Gasteiger partial charge is 0.494 e. The fourth-order valence-electron chi connectivity index (χ4n) is 3.64. The van der Waals surface area contributed by atoms with E-state index in [1.54, 1.807) is 22.7 Å². The molecule has 0 bridgehead atoms. The molecular weight excluding hydrogens is 505 g/mol. The van der Waals surface area contributed by atoms with Crippen LogP contribution >= 0.6 is 22.7 Å². The summed E-state index contributed by atoms with van der Waals surface area (Å²) in [6, 6.07) is 25.3. The van der Waals surface area contributed by atoms with Crippen LogP contribution in [0, 0.1) is 0 Å². The molecule has 0 saturated carbocycles. The van der Waals surface area contributed by atoms with Gasteiger partial charge in [-0.2, -0.15) is 0 Å². The number of unbranched alkanes of at least 4 members (excludes halogenated alkanes) is 2. The minimum Gasteiger partial charge on any atom is -0.494 e. The highest BCUT2D eigenvalue weighted by molar-refractivity contribution is 7.14. The number of rotatable bonds is 14. The van der Waals surface area contributed by atoms with Crippen molar-refractivity contribution in [2.75, 3.05) is 13.2 Å². The zero-order valence-corrected chi connectivity index (χ0v) is 23.9. The molecule has 0 atom stereocenters. The van der Waals surface area contributed by atoms with Crippen LogP contribution in [-0.4, -0.2) is 13.2 Å². The topological polar surface area (TPSA) is 18.5 Å². The molecular formula is C34H36O2S2. The van der Waals surface area contributed by atoms with Crippen molar-refractivity contribution < 1.29 is 9.47 Å². The Kier molecular flexibility index (Phi) is 11.0. The number of hydrogen-bond acceptors (Lipinski definition) is 4. The molecule has 0 aliphatic rings. The van der Waals surface area contributed by atoms with Crippen molar-refractivity contribution in [2.24, 2.45) is 0 Å². The molecule has 4 rings (SSSR count). The molecule has 4 heteroatoms. The van der Waals surface area contributed by atoms with Gasteiger partial charge in [0.15, 0.2) is 0 Å². The lowest BCUT2D eigenvalue weighted by molar-refractivity contribution is 0.309. The maximum absolute atomic E-state index is 5.75. The van der Waals surface area contributed by atoms with Gasteiger partial charge in [0.25, 0.3) is 0 Å². The fourth-order valence-corrected chi connectivity index (χ4v) is 5.27. The summed E-state index contributed by atoms with van der Waals surface area (Å²) in [6.45, 7) is 5.91. The van der Waals surface area contributed by atoms with Crippen LogP contribution in [0.25, 0.3) is 36.5 Å². The molecule has 0 spiro atoms. The molecule has 0 unspecified atom stereocenters. The van der Waals surface area contributed by atoms with Crippen LogP contribution in [0.3, 0.4) is 0 Å². The third kappa shape index (κ3) is 9.20. The van der Waals surface area contributed by atoms with Crippen LogP contribution in [0.15, 0.2) is 72.8 Å². The standard InChI is InChI=1S/C34H36O2S2/c1-3-5-25-35-29-13-7-27(8-14-29)11-17-31-19-21-33(37-31)23-24-34-22-20-32(38-34)18-12-28-9-15-30(16-10-28)36-26-6-4-2/h7-24H,3-6,25-26H2,1-2H3/b17-11+,18-12+,24-23+. The summed E-state index contributed by atoms with van der Waals surface area (Å²) in [6.07, 6.45) is 17.5. The summed E-state index contributed by atoms with van der Waals surface area (Å²) in [5.41, 5.74) is 2.35. The van der Waals surface area contributed by atoms with Crippen molar-refractivity contribution in [3.8, 4) is 11.5 Å². The number of benzene rings is 2. The van der Waals surface area contributed by atoms with Gasteiger partial charge < -0.3 is 9.47 Å². The first-order valence-corrected chi connectivity index (χ1v) is 15.0. The van der Waals surface area contributed by atoms with Gasteiger partial charge in [-0.3, -0.25) is 0 Å². The highest BCUT2D eigenvalue weighted by Gasteiger charge is 1.99. The molecule has 2 nitrogen and oxygen atoms in total. The van der Waals surface area contributed by atoms with Crippen molar-refractivity contribution in [3.63, 3.8) is 0 Å². The maximum atomic E-state index is 5.75. The lowest BCUT2D eigenvalue weighted by atomic mass is 10.2. The number of ether oxygens (including phenoxy) is 2. The Bertz CT molecular complexity index is 1220. The molecule has 0 saturated heterocycles. The highest BCUT2D eigenvalue weighted by atomic mass is 32.1. The molecule has 0 aliphatic carbocycles. The van der Waals surface area contributed by atoms with Gasteiger partial charge in [-0.15, -0.1) is 22.7 Å². The molecule has 2 heterocycles. The molecule has 0 fully saturated rings. The van der Waals surface area contributed by atoms with Crippen molar-refractivity contribution in [2.45, 2.75) is 39.5 Å². The van der Waals surface area contributed by atoms with Crippen LogP contribution in [0.2, 0.25) is 0 Å². The Balaban J connectivity index is 1.27. The first-order chi connectivity index (χ1) is 18.7. The molecule has 0 aliphatic heterocycles. The quantitative estimate of drug-likeness (QED) is 0.148. The van der Waals surface area contributed by atoms with E-state index >= 15 is 0 Å². The zero-order chi connectivity index (χ0) is 26.4. The second kappa shape index (κ2) is 15.2. The van der Waals surface area contributed by atoms with E-state index in [2.05, 4.69) is 98.8 Å². The Morgan fingerprint density at radius 2 is 0.816 bits per heavy atom. The van der Waals surface area contributed by atoms with Gasteiger partial charge in [-0.25, -0.2) is 0 Å². The number of thiophene rings is 2. The summed E-state index contributed by atoms with van der Waals surface area (Å²) in [7, 11) is 0. The lowest BCUT2D eigenvalue weighted by Crippen LogP contribution is -1.95. The van der Waals surface area contributed by atoms with Crippen molar-refractivity contribution in [1.82, 2.24) is 0 Å².